The maximum atomic E-state index is 13.5. The molecule has 4 rings (SSSR count). The molecule has 2 N–H and O–H groups in total. The maximum absolute atomic E-state index is 13.5. The predicted octanol–water partition coefficient (Wildman–Crippen LogP) is 2.95. The standard InChI is InChI=1S/C23H31N3O6S/c1-2-3-4-5-15-31-22(28)32-16-25-13-9-17-18(21(25)27)7-6-8-19(17)33(29,30)26-14-10-20(24)23(26)11-12-23/h6-9,13,20H,2-5,10-12,14-16,24H2,1H3/t20-/m1/s1. The van der Waals surface area contributed by atoms with Crippen molar-refractivity contribution in [3.05, 3.63) is 40.8 Å². The summed E-state index contributed by atoms with van der Waals surface area (Å²) in [6.45, 7) is 2.43. The van der Waals surface area contributed by atoms with E-state index in [9.17, 15) is 18.0 Å². The molecule has 1 spiro atoms. The molecule has 1 aliphatic carbocycles. The van der Waals surface area contributed by atoms with Crippen LogP contribution in [0.15, 0.2) is 40.2 Å². The number of aromatic nitrogens is 1. The fourth-order valence-corrected chi connectivity index (χ4v) is 6.71. The van der Waals surface area contributed by atoms with Crippen molar-refractivity contribution >= 4 is 27.0 Å². The van der Waals surface area contributed by atoms with Gasteiger partial charge in [-0.3, -0.25) is 9.36 Å². The first kappa shape index (κ1) is 23.7. The Kier molecular flexibility index (Phi) is 6.78. The van der Waals surface area contributed by atoms with E-state index in [1.54, 1.807) is 18.2 Å². The van der Waals surface area contributed by atoms with Crippen molar-refractivity contribution in [1.82, 2.24) is 8.87 Å². The van der Waals surface area contributed by atoms with Crippen LogP contribution in [0.25, 0.3) is 10.8 Å². The third-order valence-corrected chi connectivity index (χ3v) is 8.72. The molecule has 0 radical (unpaired) electrons. The predicted molar refractivity (Wildman–Crippen MR) is 123 cm³/mol. The SMILES string of the molecule is CCCCCCOC(=O)OCn1ccc2c(S(=O)(=O)N3CC[C@@H](N)C34CC4)cccc2c1=O. The molecule has 0 unspecified atom stereocenters. The van der Waals surface area contributed by atoms with E-state index >= 15 is 0 Å². The lowest BCUT2D eigenvalue weighted by Gasteiger charge is -2.26. The second-order valence-corrected chi connectivity index (χ2v) is 10.6. The summed E-state index contributed by atoms with van der Waals surface area (Å²) in [5.74, 6) is 0. The summed E-state index contributed by atoms with van der Waals surface area (Å²) in [6, 6.07) is 6.05. The van der Waals surface area contributed by atoms with Crippen LogP contribution in [0.3, 0.4) is 0 Å². The van der Waals surface area contributed by atoms with Crippen LogP contribution < -0.4 is 11.3 Å². The molecular formula is C23H31N3O6S. The lowest BCUT2D eigenvalue weighted by atomic mass is 10.1. The quantitative estimate of drug-likeness (QED) is 0.435. The van der Waals surface area contributed by atoms with Gasteiger partial charge in [0.25, 0.3) is 5.56 Å². The maximum Gasteiger partial charge on any atom is 0.510 e. The van der Waals surface area contributed by atoms with Crippen LogP contribution in [0.5, 0.6) is 0 Å². The van der Waals surface area contributed by atoms with Gasteiger partial charge >= 0.3 is 6.16 Å². The molecule has 10 heteroatoms. The highest BCUT2D eigenvalue weighted by molar-refractivity contribution is 7.89. The second kappa shape index (κ2) is 9.44. The van der Waals surface area contributed by atoms with E-state index in [0.717, 1.165) is 38.5 Å². The Hall–Kier alpha value is -2.43. The number of fused-ring (bicyclic) bond motifs is 1. The van der Waals surface area contributed by atoms with E-state index in [1.807, 2.05) is 0 Å². The van der Waals surface area contributed by atoms with Gasteiger partial charge in [0.1, 0.15) is 0 Å². The Labute approximate surface area is 193 Å². The molecule has 1 saturated heterocycles. The van der Waals surface area contributed by atoms with Crippen molar-refractivity contribution in [1.29, 1.82) is 0 Å². The van der Waals surface area contributed by atoms with Gasteiger partial charge in [0, 0.05) is 29.6 Å². The molecule has 2 heterocycles. The number of hydrogen-bond acceptors (Lipinski definition) is 7. The molecule has 0 amide bonds. The smallest absolute Gasteiger partial charge is 0.434 e. The molecule has 33 heavy (non-hydrogen) atoms. The number of nitrogens with zero attached hydrogens (tertiary/aromatic N) is 2. The molecule has 1 aromatic heterocycles. The third kappa shape index (κ3) is 4.51. The zero-order valence-corrected chi connectivity index (χ0v) is 19.7. The Morgan fingerprint density at radius 2 is 1.94 bits per heavy atom. The van der Waals surface area contributed by atoms with Gasteiger partial charge in [-0.2, -0.15) is 4.31 Å². The van der Waals surface area contributed by atoms with Crippen LogP contribution in [0.4, 0.5) is 4.79 Å². The fourth-order valence-electron chi connectivity index (χ4n) is 4.62. The first-order chi connectivity index (χ1) is 15.8. The number of pyridine rings is 1. The van der Waals surface area contributed by atoms with Crippen LogP contribution in [0, 0.1) is 0 Å². The minimum absolute atomic E-state index is 0.0945. The van der Waals surface area contributed by atoms with Crippen molar-refractivity contribution in [3.8, 4) is 0 Å². The summed E-state index contributed by atoms with van der Waals surface area (Å²) in [6.07, 6.45) is 6.65. The number of carbonyl (C=O) groups excluding carboxylic acids is 1. The van der Waals surface area contributed by atoms with E-state index in [1.165, 1.54) is 21.1 Å². The summed E-state index contributed by atoms with van der Waals surface area (Å²) in [4.78, 5) is 24.9. The number of unbranched alkanes of at least 4 members (excludes halogenated alkanes) is 3. The van der Waals surface area contributed by atoms with Gasteiger partial charge < -0.3 is 15.2 Å². The first-order valence-electron chi connectivity index (χ1n) is 11.5. The van der Waals surface area contributed by atoms with Gasteiger partial charge in [-0.05, 0) is 43.9 Å². The van der Waals surface area contributed by atoms with Crippen LogP contribution in [-0.2, 0) is 26.2 Å². The lowest BCUT2D eigenvalue weighted by Crippen LogP contribution is -2.44. The first-order valence-corrected chi connectivity index (χ1v) is 13.0. The molecule has 1 atom stereocenters. The Morgan fingerprint density at radius 1 is 1.15 bits per heavy atom. The van der Waals surface area contributed by atoms with Gasteiger partial charge in [-0.25, -0.2) is 13.2 Å². The molecule has 1 saturated carbocycles. The van der Waals surface area contributed by atoms with Gasteiger partial charge in [0.2, 0.25) is 10.0 Å². The second-order valence-electron chi connectivity index (χ2n) is 8.82. The minimum Gasteiger partial charge on any atom is -0.434 e. The van der Waals surface area contributed by atoms with Crippen molar-refractivity contribution < 1.29 is 22.7 Å². The van der Waals surface area contributed by atoms with E-state index in [0.29, 0.717) is 18.4 Å². The molecule has 2 fully saturated rings. The highest BCUT2D eigenvalue weighted by Gasteiger charge is 2.60. The summed E-state index contributed by atoms with van der Waals surface area (Å²) < 4.78 is 39.8. The van der Waals surface area contributed by atoms with Gasteiger partial charge in [-0.1, -0.05) is 32.3 Å². The van der Waals surface area contributed by atoms with E-state index in [-0.39, 0.29) is 29.7 Å². The lowest BCUT2D eigenvalue weighted by molar-refractivity contribution is 0.0321. The van der Waals surface area contributed by atoms with Crippen molar-refractivity contribution in [2.24, 2.45) is 5.73 Å². The number of sulfonamides is 1. The monoisotopic (exact) mass is 477 g/mol. The zero-order valence-electron chi connectivity index (χ0n) is 18.9. The summed E-state index contributed by atoms with van der Waals surface area (Å²) in [5.41, 5.74) is 5.26. The molecule has 1 aliphatic heterocycles. The molecule has 0 bridgehead atoms. The van der Waals surface area contributed by atoms with Crippen LogP contribution in [-0.4, -0.2) is 48.2 Å². The van der Waals surface area contributed by atoms with Crippen LogP contribution >= 0.6 is 0 Å². The van der Waals surface area contributed by atoms with Gasteiger partial charge in [-0.15, -0.1) is 0 Å². The van der Waals surface area contributed by atoms with Crippen LogP contribution in [0.2, 0.25) is 0 Å². The average molecular weight is 478 g/mol. The number of hydrogen-bond donors (Lipinski definition) is 1. The number of benzene rings is 1. The summed E-state index contributed by atoms with van der Waals surface area (Å²) in [5, 5.41) is 0.581. The Balaban J connectivity index is 1.51. The minimum atomic E-state index is -3.82. The average Bonchev–Trinajstić information content (AvgIpc) is 3.52. The highest BCUT2D eigenvalue weighted by Crippen LogP contribution is 2.51. The van der Waals surface area contributed by atoms with E-state index in [4.69, 9.17) is 15.2 Å². The molecule has 180 valence electrons. The third-order valence-electron chi connectivity index (χ3n) is 6.68. The molecule has 1 aromatic carbocycles. The highest BCUT2D eigenvalue weighted by atomic mass is 32.2. The Morgan fingerprint density at radius 3 is 2.67 bits per heavy atom. The van der Waals surface area contributed by atoms with Crippen molar-refractivity contribution in [3.63, 3.8) is 0 Å². The molecular weight excluding hydrogens is 446 g/mol. The summed E-state index contributed by atoms with van der Waals surface area (Å²) >= 11 is 0. The normalized spacial score (nSPS) is 19.8. The zero-order chi connectivity index (χ0) is 23.6. The van der Waals surface area contributed by atoms with Gasteiger partial charge in [0.15, 0.2) is 6.73 Å². The largest absolute Gasteiger partial charge is 0.510 e. The molecule has 2 aromatic rings. The van der Waals surface area contributed by atoms with Gasteiger partial charge in [0.05, 0.1) is 17.0 Å². The van der Waals surface area contributed by atoms with Crippen LogP contribution in [0.1, 0.15) is 51.9 Å². The number of rotatable bonds is 9. The number of ether oxygens (including phenoxy) is 2. The topological polar surface area (TPSA) is 121 Å². The number of carbonyl (C=O) groups is 1. The van der Waals surface area contributed by atoms with Crippen molar-refractivity contribution in [2.45, 2.75) is 75.1 Å². The fraction of sp³-hybridized carbons (Fsp3) is 0.565. The Bertz CT molecular complexity index is 1190. The molecule has 9 nitrogen and oxygen atoms in total. The van der Waals surface area contributed by atoms with E-state index in [2.05, 4.69) is 6.92 Å². The van der Waals surface area contributed by atoms with E-state index < -0.39 is 27.3 Å². The number of nitrogens with two attached hydrogens (primary N) is 1. The summed E-state index contributed by atoms with van der Waals surface area (Å²) in [7, 11) is -3.82. The molecule has 2 aliphatic rings. The van der Waals surface area contributed by atoms with Crippen molar-refractivity contribution in [2.75, 3.05) is 13.2 Å².